The van der Waals surface area contributed by atoms with Crippen LogP contribution in [0.2, 0.25) is 0 Å². The minimum Gasteiger partial charge on any atom is -0.483 e. The Morgan fingerprint density at radius 2 is 2.12 bits per heavy atom. The lowest BCUT2D eigenvalue weighted by atomic mass is 10.2. The van der Waals surface area contributed by atoms with Crippen molar-refractivity contribution in [2.24, 2.45) is 0 Å². The maximum Gasteiger partial charge on any atom is 0.150 e. The molecule has 17 heavy (non-hydrogen) atoms. The van der Waals surface area contributed by atoms with Gasteiger partial charge in [0.2, 0.25) is 0 Å². The van der Waals surface area contributed by atoms with Gasteiger partial charge < -0.3 is 14.6 Å². The monoisotopic (exact) mass is 231 g/mol. The van der Waals surface area contributed by atoms with Gasteiger partial charge in [-0.3, -0.25) is 4.98 Å². The van der Waals surface area contributed by atoms with Gasteiger partial charge in [-0.1, -0.05) is 18.2 Å². The van der Waals surface area contributed by atoms with Crippen molar-refractivity contribution in [1.82, 2.24) is 4.98 Å². The summed E-state index contributed by atoms with van der Waals surface area (Å²) >= 11 is 0. The van der Waals surface area contributed by atoms with Crippen LogP contribution in [0.25, 0.3) is 10.9 Å². The molecule has 1 N–H and O–H groups in total. The Morgan fingerprint density at radius 3 is 2.94 bits per heavy atom. The molecule has 1 aromatic heterocycles. The summed E-state index contributed by atoms with van der Waals surface area (Å²) < 4.78 is 10.9. The summed E-state index contributed by atoms with van der Waals surface area (Å²) in [7, 11) is 0. The van der Waals surface area contributed by atoms with Gasteiger partial charge in [0, 0.05) is 11.6 Å². The number of aliphatic hydroxyl groups excluding tert-OH is 1. The third-order valence-electron chi connectivity index (χ3n) is 2.87. The molecule has 3 rings (SSSR count). The Balaban J connectivity index is 1.94. The number of aromatic nitrogens is 1. The molecule has 0 saturated carbocycles. The van der Waals surface area contributed by atoms with E-state index in [1.807, 2.05) is 30.3 Å². The van der Waals surface area contributed by atoms with Crippen molar-refractivity contribution in [3.63, 3.8) is 0 Å². The first-order valence-electron chi connectivity index (χ1n) is 5.61. The van der Waals surface area contributed by atoms with Gasteiger partial charge in [0.05, 0.1) is 13.2 Å². The normalized spacial score (nSPS) is 24.1. The average Bonchev–Trinajstić information content (AvgIpc) is 2.76. The first kappa shape index (κ1) is 10.5. The minimum atomic E-state index is -0.561. The third-order valence-corrected chi connectivity index (χ3v) is 2.87. The minimum absolute atomic E-state index is 0.303. The second kappa shape index (κ2) is 4.31. The summed E-state index contributed by atoms with van der Waals surface area (Å²) in [6.45, 7) is 0.757. The first-order chi connectivity index (χ1) is 8.34. The number of pyridine rings is 1. The van der Waals surface area contributed by atoms with E-state index in [9.17, 15) is 5.11 Å². The number of benzene rings is 1. The second-order valence-electron chi connectivity index (χ2n) is 4.09. The van der Waals surface area contributed by atoms with Crippen LogP contribution in [0.4, 0.5) is 0 Å². The van der Waals surface area contributed by atoms with Crippen molar-refractivity contribution >= 4 is 10.9 Å². The highest BCUT2D eigenvalue weighted by Crippen LogP contribution is 2.25. The van der Waals surface area contributed by atoms with Gasteiger partial charge in [0.1, 0.15) is 17.4 Å². The van der Waals surface area contributed by atoms with Gasteiger partial charge in [0.25, 0.3) is 0 Å². The van der Waals surface area contributed by atoms with Crippen molar-refractivity contribution in [2.75, 3.05) is 13.2 Å². The fourth-order valence-corrected chi connectivity index (χ4v) is 1.97. The topological polar surface area (TPSA) is 51.6 Å². The lowest BCUT2D eigenvalue weighted by Crippen LogP contribution is -2.29. The van der Waals surface area contributed by atoms with Crippen LogP contribution >= 0.6 is 0 Å². The van der Waals surface area contributed by atoms with Crippen LogP contribution in [0.5, 0.6) is 5.75 Å². The van der Waals surface area contributed by atoms with Gasteiger partial charge >= 0.3 is 0 Å². The Kier molecular flexibility index (Phi) is 2.66. The second-order valence-corrected chi connectivity index (χ2v) is 4.09. The number of nitrogens with zero attached hydrogens (tertiary/aromatic N) is 1. The zero-order valence-corrected chi connectivity index (χ0v) is 9.24. The van der Waals surface area contributed by atoms with Crippen LogP contribution in [0.15, 0.2) is 36.5 Å². The molecule has 1 fully saturated rings. The fraction of sp³-hybridized carbons (Fsp3) is 0.308. The van der Waals surface area contributed by atoms with Gasteiger partial charge in [0.15, 0.2) is 6.10 Å². The van der Waals surface area contributed by atoms with Crippen LogP contribution in [0, 0.1) is 0 Å². The molecule has 0 spiro atoms. The Morgan fingerprint density at radius 1 is 1.24 bits per heavy atom. The van der Waals surface area contributed by atoms with Crippen molar-refractivity contribution in [3.8, 4) is 5.75 Å². The van der Waals surface area contributed by atoms with E-state index in [0.29, 0.717) is 19.0 Å². The van der Waals surface area contributed by atoms with Crippen molar-refractivity contribution in [3.05, 3.63) is 36.5 Å². The van der Waals surface area contributed by atoms with Gasteiger partial charge in [-0.25, -0.2) is 0 Å². The Bertz CT molecular complexity index is 524. The van der Waals surface area contributed by atoms with Crippen molar-refractivity contribution in [1.29, 1.82) is 0 Å². The molecule has 0 unspecified atom stereocenters. The molecular weight excluding hydrogens is 218 g/mol. The number of hydrogen-bond acceptors (Lipinski definition) is 4. The molecule has 0 aliphatic carbocycles. The van der Waals surface area contributed by atoms with Crippen molar-refractivity contribution in [2.45, 2.75) is 12.2 Å². The fourth-order valence-electron chi connectivity index (χ4n) is 1.97. The molecule has 0 radical (unpaired) electrons. The van der Waals surface area contributed by atoms with E-state index in [4.69, 9.17) is 9.47 Å². The number of fused-ring (bicyclic) bond motifs is 1. The molecule has 4 nitrogen and oxygen atoms in total. The van der Waals surface area contributed by atoms with E-state index in [-0.39, 0.29) is 6.10 Å². The summed E-state index contributed by atoms with van der Waals surface area (Å²) in [4.78, 5) is 4.30. The average molecular weight is 231 g/mol. The number of aliphatic hydroxyl groups is 1. The summed E-state index contributed by atoms with van der Waals surface area (Å²) in [6, 6.07) is 9.63. The molecule has 88 valence electrons. The highest BCUT2D eigenvalue weighted by molar-refractivity contribution is 5.84. The highest BCUT2D eigenvalue weighted by atomic mass is 16.6. The standard InChI is InChI=1S/C13H13NO3/c15-10-7-16-8-12(10)17-11-5-1-3-9-4-2-6-14-13(9)11/h1-6,10,12,15H,7-8H2/t10-,12-/m1/s1. The highest BCUT2D eigenvalue weighted by Gasteiger charge is 2.28. The van der Waals surface area contributed by atoms with Crippen LogP contribution in [-0.2, 0) is 4.74 Å². The molecule has 2 heterocycles. The Hall–Kier alpha value is -1.65. The van der Waals surface area contributed by atoms with Crippen LogP contribution in [0.3, 0.4) is 0 Å². The molecule has 2 aromatic rings. The molecule has 1 aliphatic rings. The third kappa shape index (κ3) is 1.97. The van der Waals surface area contributed by atoms with Gasteiger partial charge in [-0.05, 0) is 12.1 Å². The molecule has 0 amide bonds. The number of ether oxygens (including phenoxy) is 2. The van der Waals surface area contributed by atoms with E-state index >= 15 is 0 Å². The van der Waals surface area contributed by atoms with Gasteiger partial charge in [-0.2, -0.15) is 0 Å². The van der Waals surface area contributed by atoms with E-state index < -0.39 is 6.10 Å². The molecule has 1 aromatic carbocycles. The molecular formula is C13H13NO3. The molecule has 0 bridgehead atoms. The predicted molar refractivity (Wildman–Crippen MR) is 63.0 cm³/mol. The number of para-hydroxylation sites is 1. The van der Waals surface area contributed by atoms with E-state index in [1.54, 1.807) is 6.20 Å². The predicted octanol–water partition coefficient (Wildman–Crippen LogP) is 1.37. The summed E-state index contributed by atoms with van der Waals surface area (Å²) in [5.41, 5.74) is 0.814. The lowest BCUT2D eigenvalue weighted by Gasteiger charge is -2.16. The van der Waals surface area contributed by atoms with Gasteiger partial charge in [-0.15, -0.1) is 0 Å². The van der Waals surface area contributed by atoms with Crippen LogP contribution < -0.4 is 4.74 Å². The maximum absolute atomic E-state index is 9.65. The largest absolute Gasteiger partial charge is 0.483 e. The lowest BCUT2D eigenvalue weighted by molar-refractivity contribution is 0.0742. The maximum atomic E-state index is 9.65. The summed E-state index contributed by atoms with van der Waals surface area (Å²) in [5.74, 6) is 0.692. The molecule has 2 atom stereocenters. The van der Waals surface area contributed by atoms with Crippen molar-refractivity contribution < 1.29 is 14.6 Å². The number of rotatable bonds is 2. The zero-order valence-electron chi connectivity index (χ0n) is 9.24. The first-order valence-corrected chi connectivity index (χ1v) is 5.61. The smallest absolute Gasteiger partial charge is 0.150 e. The van der Waals surface area contributed by atoms with E-state index in [0.717, 1.165) is 10.9 Å². The van der Waals surface area contributed by atoms with E-state index in [2.05, 4.69) is 4.98 Å². The number of hydrogen-bond donors (Lipinski definition) is 1. The van der Waals surface area contributed by atoms with Crippen LogP contribution in [-0.4, -0.2) is 35.5 Å². The zero-order chi connectivity index (χ0) is 11.7. The SMILES string of the molecule is O[C@@H]1COC[C@H]1Oc1cccc2cccnc12. The summed E-state index contributed by atoms with van der Waals surface area (Å²) in [6.07, 6.45) is 0.869. The molecule has 1 saturated heterocycles. The molecule has 1 aliphatic heterocycles. The van der Waals surface area contributed by atoms with E-state index in [1.165, 1.54) is 0 Å². The Labute approximate surface area is 98.8 Å². The molecule has 4 heteroatoms. The summed E-state index contributed by atoms with van der Waals surface area (Å²) in [5, 5.41) is 10.7. The quantitative estimate of drug-likeness (QED) is 0.848. The van der Waals surface area contributed by atoms with Crippen LogP contribution in [0.1, 0.15) is 0 Å².